The van der Waals surface area contributed by atoms with E-state index in [0.717, 1.165) is 5.56 Å². The highest BCUT2D eigenvalue weighted by molar-refractivity contribution is 5.95. The molecule has 0 spiro atoms. The highest BCUT2D eigenvalue weighted by atomic mass is 16.1. The largest absolute Gasteiger partial charge is 0.351 e. The maximum Gasteiger partial charge on any atom is 0.251 e. The van der Waals surface area contributed by atoms with Crippen LogP contribution in [0.15, 0.2) is 23.8 Å². The lowest BCUT2D eigenvalue weighted by molar-refractivity contribution is 0.0954. The van der Waals surface area contributed by atoms with E-state index in [1.54, 1.807) is 0 Å². The summed E-state index contributed by atoms with van der Waals surface area (Å²) in [5.41, 5.74) is 10.9. The molecule has 1 aromatic carbocycles. The van der Waals surface area contributed by atoms with Gasteiger partial charge in [0.15, 0.2) is 0 Å². The van der Waals surface area contributed by atoms with E-state index in [1.165, 1.54) is 16.7 Å². The summed E-state index contributed by atoms with van der Waals surface area (Å²) in [4.78, 5) is 11.9. The minimum atomic E-state index is -0.0664. The Morgan fingerprint density at radius 1 is 1.28 bits per heavy atom. The number of nitrogens with two attached hydrogens (primary N) is 1. The highest BCUT2D eigenvalue weighted by Gasteiger charge is 2.09. The summed E-state index contributed by atoms with van der Waals surface area (Å²) in [6, 6.07) is 5.78. The molecule has 1 aromatic rings. The molecule has 0 saturated heterocycles. The van der Waals surface area contributed by atoms with E-state index in [4.69, 9.17) is 5.73 Å². The molecule has 1 rings (SSSR count). The predicted molar refractivity (Wildman–Crippen MR) is 76.5 cm³/mol. The molecule has 3 heteroatoms. The Balaban J connectivity index is 3.09. The summed E-state index contributed by atoms with van der Waals surface area (Å²) < 4.78 is 0. The first-order chi connectivity index (χ1) is 8.47. The number of hydrogen-bond donors (Lipinski definition) is 2. The lowest BCUT2D eigenvalue weighted by atomic mass is 9.96. The summed E-state index contributed by atoms with van der Waals surface area (Å²) in [5, 5.41) is 2.78. The summed E-state index contributed by atoms with van der Waals surface area (Å²) in [7, 11) is 0. The molecule has 0 aromatic heterocycles. The van der Waals surface area contributed by atoms with Gasteiger partial charge in [0.1, 0.15) is 0 Å². The van der Waals surface area contributed by atoms with Gasteiger partial charge in [-0.2, -0.15) is 0 Å². The van der Waals surface area contributed by atoms with Crippen LogP contribution in [0.1, 0.15) is 42.3 Å². The maximum atomic E-state index is 11.9. The molecular weight excluding hydrogens is 224 g/mol. The van der Waals surface area contributed by atoms with Crippen molar-refractivity contribution in [3.05, 3.63) is 40.5 Å². The quantitative estimate of drug-likeness (QED) is 0.857. The van der Waals surface area contributed by atoms with Crippen LogP contribution in [-0.4, -0.2) is 19.0 Å². The van der Waals surface area contributed by atoms with Gasteiger partial charge in [0.05, 0.1) is 0 Å². The molecule has 18 heavy (non-hydrogen) atoms. The molecule has 0 atom stereocenters. The first-order valence-corrected chi connectivity index (χ1v) is 6.20. The van der Waals surface area contributed by atoms with E-state index in [0.29, 0.717) is 18.7 Å². The van der Waals surface area contributed by atoms with Crippen molar-refractivity contribution in [1.29, 1.82) is 0 Å². The fourth-order valence-corrected chi connectivity index (χ4v) is 1.72. The Morgan fingerprint density at radius 3 is 2.50 bits per heavy atom. The first kappa shape index (κ1) is 14.5. The van der Waals surface area contributed by atoms with E-state index in [1.807, 2.05) is 18.2 Å². The third-order valence-corrected chi connectivity index (χ3v) is 3.08. The standard InChI is InChI=1S/C15H22N2O/c1-10(2)12(4)14-9-13(6-5-11(14)3)15(18)17-8-7-16/h5-6,9H,7-8,16H2,1-4H3,(H,17,18). The van der Waals surface area contributed by atoms with Gasteiger partial charge in [-0.15, -0.1) is 0 Å². The lowest BCUT2D eigenvalue weighted by Crippen LogP contribution is -2.29. The first-order valence-electron chi connectivity index (χ1n) is 6.20. The maximum absolute atomic E-state index is 11.9. The number of rotatable bonds is 4. The molecule has 0 saturated carbocycles. The molecule has 98 valence electrons. The number of carbonyl (C=O) groups is 1. The van der Waals surface area contributed by atoms with Crippen molar-refractivity contribution >= 4 is 11.5 Å². The number of allylic oxidation sites excluding steroid dienone is 2. The molecule has 0 unspecified atom stereocenters. The van der Waals surface area contributed by atoms with Crippen LogP contribution in [0.4, 0.5) is 0 Å². The van der Waals surface area contributed by atoms with E-state index in [2.05, 4.69) is 33.0 Å². The Hall–Kier alpha value is -1.61. The van der Waals surface area contributed by atoms with E-state index in [9.17, 15) is 4.79 Å². The Kier molecular flexibility index (Phi) is 5.10. The Labute approximate surface area is 109 Å². The second-order valence-corrected chi connectivity index (χ2v) is 4.70. The average molecular weight is 246 g/mol. The normalized spacial score (nSPS) is 10.1. The molecule has 0 fully saturated rings. The summed E-state index contributed by atoms with van der Waals surface area (Å²) in [6.45, 7) is 9.26. The SMILES string of the molecule is CC(C)=C(C)c1cc(C(=O)NCCN)ccc1C. The van der Waals surface area contributed by atoms with Gasteiger partial charge in [-0.3, -0.25) is 4.79 Å². The van der Waals surface area contributed by atoms with Gasteiger partial charge in [0.2, 0.25) is 0 Å². The van der Waals surface area contributed by atoms with Gasteiger partial charge in [0, 0.05) is 18.7 Å². The monoisotopic (exact) mass is 246 g/mol. The van der Waals surface area contributed by atoms with Gasteiger partial charge in [-0.25, -0.2) is 0 Å². The number of aryl methyl sites for hydroxylation is 1. The van der Waals surface area contributed by atoms with Crippen LogP contribution < -0.4 is 11.1 Å². The molecule has 0 aliphatic heterocycles. The second kappa shape index (κ2) is 6.36. The van der Waals surface area contributed by atoms with Crippen molar-refractivity contribution in [2.75, 3.05) is 13.1 Å². The van der Waals surface area contributed by atoms with E-state index in [-0.39, 0.29) is 5.91 Å². The Bertz CT molecular complexity index is 471. The summed E-state index contributed by atoms with van der Waals surface area (Å²) in [5.74, 6) is -0.0664. The zero-order valence-corrected chi connectivity index (χ0v) is 11.6. The molecule has 0 aliphatic rings. The van der Waals surface area contributed by atoms with E-state index < -0.39 is 0 Å². The zero-order valence-electron chi connectivity index (χ0n) is 11.6. The fourth-order valence-electron chi connectivity index (χ4n) is 1.72. The summed E-state index contributed by atoms with van der Waals surface area (Å²) in [6.07, 6.45) is 0. The van der Waals surface area contributed by atoms with Gasteiger partial charge in [-0.1, -0.05) is 11.6 Å². The third-order valence-electron chi connectivity index (χ3n) is 3.08. The van der Waals surface area contributed by atoms with Crippen LogP contribution in [0.25, 0.3) is 5.57 Å². The van der Waals surface area contributed by atoms with Crippen LogP contribution in [0.5, 0.6) is 0 Å². The predicted octanol–water partition coefficient (Wildman–Crippen LogP) is 2.50. The number of hydrogen-bond acceptors (Lipinski definition) is 2. The van der Waals surface area contributed by atoms with E-state index >= 15 is 0 Å². The fraction of sp³-hybridized carbons (Fsp3) is 0.400. The number of carbonyl (C=O) groups excluding carboxylic acids is 1. The van der Waals surface area contributed by atoms with Crippen LogP contribution >= 0.6 is 0 Å². The van der Waals surface area contributed by atoms with Crippen molar-refractivity contribution < 1.29 is 4.79 Å². The number of amides is 1. The molecule has 3 N–H and O–H groups in total. The molecule has 0 radical (unpaired) electrons. The third kappa shape index (κ3) is 3.44. The molecule has 3 nitrogen and oxygen atoms in total. The molecule has 0 heterocycles. The van der Waals surface area contributed by atoms with Gasteiger partial charge in [-0.05, 0) is 56.5 Å². The van der Waals surface area contributed by atoms with Crippen LogP contribution in [0, 0.1) is 6.92 Å². The van der Waals surface area contributed by atoms with Crippen molar-refractivity contribution in [3.63, 3.8) is 0 Å². The second-order valence-electron chi connectivity index (χ2n) is 4.70. The van der Waals surface area contributed by atoms with Gasteiger partial charge >= 0.3 is 0 Å². The minimum Gasteiger partial charge on any atom is -0.351 e. The lowest BCUT2D eigenvalue weighted by Gasteiger charge is -2.11. The Morgan fingerprint density at radius 2 is 1.94 bits per heavy atom. The number of nitrogens with one attached hydrogen (secondary N) is 1. The van der Waals surface area contributed by atoms with Gasteiger partial charge < -0.3 is 11.1 Å². The van der Waals surface area contributed by atoms with Crippen molar-refractivity contribution in [2.45, 2.75) is 27.7 Å². The molecule has 1 amide bonds. The van der Waals surface area contributed by atoms with Crippen molar-refractivity contribution in [3.8, 4) is 0 Å². The summed E-state index contributed by atoms with van der Waals surface area (Å²) >= 11 is 0. The van der Waals surface area contributed by atoms with Crippen LogP contribution in [-0.2, 0) is 0 Å². The minimum absolute atomic E-state index is 0.0664. The molecule has 0 aliphatic carbocycles. The van der Waals surface area contributed by atoms with Crippen LogP contribution in [0.2, 0.25) is 0 Å². The van der Waals surface area contributed by atoms with Crippen molar-refractivity contribution in [2.24, 2.45) is 5.73 Å². The van der Waals surface area contributed by atoms with Crippen molar-refractivity contribution in [1.82, 2.24) is 5.32 Å². The topological polar surface area (TPSA) is 55.1 Å². The average Bonchev–Trinajstić information content (AvgIpc) is 2.35. The van der Waals surface area contributed by atoms with Gasteiger partial charge in [0.25, 0.3) is 5.91 Å². The molecule has 0 bridgehead atoms. The zero-order chi connectivity index (χ0) is 13.7. The smallest absolute Gasteiger partial charge is 0.251 e. The highest BCUT2D eigenvalue weighted by Crippen LogP contribution is 2.22. The molecular formula is C15H22N2O. The van der Waals surface area contributed by atoms with Crippen LogP contribution in [0.3, 0.4) is 0 Å². The number of benzene rings is 1.